The van der Waals surface area contributed by atoms with E-state index < -0.39 is 5.60 Å². The van der Waals surface area contributed by atoms with Crippen LogP contribution >= 0.6 is 15.9 Å². The summed E-state index contributed by atoms with van der Waals surface area (Å²) in [6.07, 6.45) is 4.97. The zero-order valence-corrected chi connectivity index (χ0v) is 21.3. The summed E-state index contributed by atoms with van der Waals surface area (Å²) in [6, 6.07) is 12.3. The molecule has 178 valence electrons. The monoisotopic (exact) mass is 523 g/mol. The minimum absolute atomic E-state index is 0.115. The average Bonchev–Trinajstić information content (AvgIpc) is 3.38. The molecule has 1 amide bonds. The predicted molar refractivity (Wildman–Crippen MR) is 135 cm³/mol. The van der Waals surface area contributed by atoms with Crippen LogP contribution in [0.5, 0.6) is 0 Å². The number of amides is 1. The number of rotatable bonds is 4. The van der Waals surface area contributed by atoms with Crippen molar-refractivity contribution in [1.82, 2.24) is 19.9 Å². The third-order valence-electron chi connectivity index (χ3n) is 7.17. The first-order valence-electron chi connectivity index (χ1n) is 11.8. The molecule has 1 aromatic heterocycles. The zero-order chi connectivity index (χ0) is 23.9. The molecule has 1 atom stereocenters. The first-order valence-corrected chi connectivity index (χ1v) is 12.6. The van der Waals surface area contributed by atoms with Crippen LogP contribution in [0.4, 0.5) is 5.69 Å². The predicted octanol–water partition coefficient (Wildman–Crippen LogP) is 3.77. The van der Waals surface area contributed by atoms with Crippen molar-refractivity contribution in [1.29, 1.82) is 0 Å². The summed E-state index contributed by atoms with van der Waals surface area (Å²) in [5.74, 6) is 0.115. The molecule has 1 saturated heterocycles. The van der Waals surface area contributed by atoms with Gasteiger partial charge in [0.05, 0.1) is 18.3 Å². The molecular weight excluding hydrogens is 494 g/mol. The number of hydrogen-bond donors (Lipinski definition) is 1. The van der Waals surface area contributed by atoms with E-state index in [0.717, 1.165) is 40.7 Å². The fraction of sp³-hybridized carbons (Fsp3) is 0.423. The van der Waals surface area contributed by atoms with Crippen molar-refractivity contribution in [3.05, 3.63) is 69.5 Å². The van der Waals surface area contributed by atoms with Crippen LogP contribution in [-0.2, 0) is 23.2 Å². The number of benzene rings is 2. The number of nitrogens with zero attached hydrogens (tertiary/aromatic N) is 5. The molecule has 1 fully saturated rings. The number of carbonyl (C=O) groups is 1. The van der Waals surface area contributed by atoms with Crippen molar-refractivity contribution in [2.24, 2.45) is 0 Å². The highest BCUT2D eigenvalue weighted by molar-refractivity contribution is 9.10. The van der Waals surface area contributed by atoms with Crippen molar-refractivity contribution >= 4 is 27.5 Å². The Balaban J connectivity index is 1.26. The average molecular weight is 524 g/mol. The number of aliphatic hydroxyl groups is 1. The number of halogens is 1. The molecule has 0 radical (unpaired) electrons. The lowest BCUT2D eigenvalue weighted by Gasteiger charge is -2.24. The largest absolute Gasteiger partial charge is 0.383 e. The second-order valence-electron chi connectivity index (χ2n) is 9.56. The van der Waals surface area contributed by atoms with Gasteiger partial charge in [0.15, 0.2) is 0 Å². The van der Waals surface area contributed by atoms with E-state index >= 15 is 0 Å². The van der Waals surface area contributed by atoms with E-state index in [0.29, 0.717) is 38.0 Å². The van der Waals surface area contributed by atoms with Crippen molar-refractivity contribution in [3.63, 3.8) is 0 Å². The number of aromatic nitrogens is 3. The van der Waals surface area contributed by atoms with Gasteiger partial charge in [-0.25, -0.2) is 4.68 Å². The Morgan fingerprint density at radius 3 is 2.76 bits per heavy atom. The highest BCUT2D eigenvalue weighted by Crippen LogP contribution is 2.33. The van der Waals surface area contributed by atoms with E-state index in [4.69, 9.17) is 0 Å². The summed E-state index contributed by atoms with van der Waals surface area (Å²) >= 11 is 3.49. The molecule has 1 N–H and O–H groups in total. The lowest BCUT2D eigenvalue weighted by atomic mass is 9.92. The molecule has 7 nitrogen and oxygen atoms in total. The minimum atomic E-state index is -1.09. The fourth-order valence-corrected chi connectivity index (χ4v) is 5.59. The molecule has 2 aliphatic heterocycles. The fourth-order valence-electron chi connectivity index (χ4n) is 5.11. The van der Waals surface area contributed by atoms with Gasteiger partial charge in [0.2, 0.25) is 5.91 Å². The number of likely N-dealkylation sites (tertiary alicyclic amines) is 1. The molecular formula is C26H30BrN5O2. The smallest absolute Gasteiger partial charge is 0.226 e. The third-order valence-corrected chi connectivity index (χ3v) is 7.66. The molecule has 1 unspecified atom stereocenters. The molecule has 2 aliphatic rings. The van der Waals surface area contributed by atoms with Gasteiger partial charge < -0.3 is 14.9 Å². The van der Waals surface area contributed by atoms with E-state index in [9.17, 15) is 9.90 Å². The van der Waals surface area contributed by atoms with Gasteiger partial charge in [-0.1, -0.05) is 33.3 Å². The van der Waals surface area contributed by atoms with Crippen LogP contribution in [0.15, 0.2) is 47.1 Å². The second kappa shape index (κ2) is 9.15. The van der Waals surface area contributed by atoms with Gasteiger partial charge in [-0.2, -0.15) is 0 Å². The Morgan fingerprint density at radius 2 is 1.94 bits per heavy atom. The summed E-state index contributed by atoms with van der Waals surface area (Å²) < 4.78 is 2.72. The molecule has 0 spiro atoms. The molecule has 3 aromatic rings. The Bertz CT molecular complexity index is 1230. The van der Waals surface area contributed by atoms with Crippen LogP contribution in [0.3, 0.4) is 0 Å². The topological polar surface area (TPSA) is 74.5 Å². The number of aryl methyl sites for hydroxylation is 1. The van der Waals surface area contributed by atoms with Crippen LogP contribution in [-0.4, -0.2) is 57.6 Å². The summed E-state index contributed by atoms with van der Waals surface area (Å²) in [5, 5.41) is 20.0. The van der Waals surface area contributed by atoms with Crippen molar-refractivity contribution < 1.29 is 9.90 Å². The minimum Gasteiger partial charge on any atom is -0.383 e. The Morgan fingerprint density at radius 1 is 1.12 bits per heavy atom. The zero-order valence-electron chi connectivity index (χ0n) is 19.7. The standard InChI is InChI=1S/C26H30BrN5O2/c1-18-14-21(27)5-7-22(18)32-17-24(28-29-32)26(34)9-3-11-31(13-10-26)25(33)16-19-4-6-23-20(15-19)8-12-30(23)2/h4-7,14-15,17,34H,3,8-13,16H2,1-2H3. The maximum absolute atomic E-state index is 13.1. The highest BCUT2D eigenvalue weighted by Gasteiger charge is 2.36. The molecule has 3 heterocycles. The summed E-state index contributed by atoms with van der Waals surface area (Å²) in [5.41, 5.74) is 5.11. The van der Waals surface area contributed by atoms with Crippen molar-refractivity contribution in [2.45, 2.75) is 44.6 Å². The lowest BCUT2D eigenvalue weighted by molar-refractivity contribution is -0.130. The van der Waals surface area contributed by atoms with Crippen LogP contribution in [0, 0.1) is 6.92 Å². The van der Waals surface area contributed by atoms with E-state index in [1.807, 2.05) is 36.2 Å². The molecule has 8 heteroatoms. The quantitative estimate of drug-likeness (QED) is 0.563. The molecule has 0 saturated carbocycles. The van der Waals surface area contributed by atoms with E-state index in [1.165, 1.54) is 11.3 Å². The Kier molecular flexibility index (Phi) is 6.20. The van der Waals surface area contributed by atoms with E-state index in [2.05, 4.69) is 56.4 Å². The summed E-state index contributed by atoms with van der Waals surface area (Å²) in [4.78, 5) is 17.2. The van der Waals surface area contributed by atoms with Gasteiger partial charge in [-0.15, -0.1) is 5.10 Å². The highest BCUT2D eigenvalue weighted by atomic mass is 79.9. The van der Waals surface area contributed by atoms with Gasteiger partial charge >= 0.3 is 0 Å². The van der Waals surface area contributed by atoms with Crippen LogP contribution in [0.25, 0.3) is 5.69 Å². The first kappa shape index (κ1) is 23.1. The lowest BCUT2D eigenvalue weighted by Crippen LogP contribution is -2.34. The third kappa shape index (κ3) is 4.49. The normalized spacial score (nSPS) is 20.4. The van der Waals surface area contributed by atoms with Gasteiger partial charge in [-0.05, 0) is 73.6 Å². The van der Waals surface area contributed by atoms with Gasteiger partial charge in [0, 0.05) is 36.8 Å². The summed E-state index contributed by atoms with van der Waals surface area (Å²) in [7, 11) is 2.10. The van der Waals surface area contributed by atoms with Gasteiger partial charge in [-0.3, -0.25) is 4.79 Å². The van der Waals surface area contributed by atoms with Crippen LogP contribution in [0.1, 0.15) is 41.6 Å². The van der Waals surface area contributed by atoms with Crippen molar-refractivity contribution in [2.75, 3.05) is 31.6 Å². The molecule has 0 aliphatic carbocycles. The van der Waals surface area contributed by atoms with Gasteiger partial charge in [0.1, 0.15) is 11.3 Å². The molecule has 5 rings (SSSR count). The maximum Gasteiger partial charge on any atom is 0.226 e. The molecule has 34 heavy (non-hydrogen) atoms. The number of carbonyl (C=O) groups excluding carboxylic acids is 1. The summed E-state index contributed by atoms with van der Waals surface area (Å²) in [6.45, 7) is 4.20. The number of anilines is 1. The van der Waals surface area contributed by atoms with Crippen molar-refractivity contribution in [3.8, 4) is 5.69 Å². The van der Waals surface area contributed by atoms with Gasteiger partial charge in [0.25, 0.3) is 0 Å². The number of hydrogen-bond acceptors (Lipinski definition) is 5. The molecule has 2 aromatic carbocycles. The SMILES string of the molecule is Cc1cc(Br)ccc1-n1cc(C2(O)CCCN(C(=O)Cc3ccc4c(c3)CCN4C)CC2)nn1. The van der Waals surface area contributed by atoms with Crippen LogP contribution in [0.2, 0.25) is 0 Å². The Hall–Kier alpha value is -2.71. The van der Waals surface area contributed by atoms with E-state index in [-0.39, 0.29) is 5.91 Å². The Labute approximate surface area is 208 Å². The number of likely N-dealkylation sites (N-methyl/N-ethyl adjacent to an activating group) is 1. The second-order valence-corrected chi connectivity index (χ2v) is 10.5. The van der Waals surface area contributed by atoms with E-state index in [1.54, 1.807) is 4.68 Å². The molecule has 0 bridgehead atoms. The number of fused-ring (bicyclic) bond motifs is 1. The maximum atomic E-state index is 13.1. The first-order chi connectivity index (χ1) is 16.3. The van der Waals surface area contributed by atoms with Crippen LogP contribution < -0.4 is 4.90 Å².